The Labute approximate surface area is 76.8 Å². The van der Waals surface area contributed by atoms with Crippen LogP contribution in [-0.4, -0.2) is 12.9 Å². The molecule has 2 nitrogen and oxygen atoms in total. The van der Waals surface area contributed by atoms with Gasteiger partial charge in [0, 0.05) is 6.42 Å². The van der Waals surface area contributed by atoms with Crippen molar-refractivity contribution >= 4 is 11.9 Å². The topological polar surface area (TPSA) is 26.3 Å². The van der Waals surface area contributed by atoms with Crippen molar-refractivity contribution in [2.24, 2.45) is 0 Å². The smallest absolute Gasteiger partial charge is 0.170 e. The highest BCUT2D eigenvalue weighted by Gasteiger charge is 2.17. The van der Waals surface area contributed by atoms with Gasteiger partial charge >= 0.3 is 0 Å². The molecule has 0 spiro atoms. The quantitative estimate of drug-likeness (QED) is 0.653. The third-order valence-electron chi connectivity index (χ3n) is 2.16. The first-order valence-electron chi connectivity index (χ1n) is 4.19. The predicted molar refractivity (Wildman–Crippen MR) is 51.0 cm³/mol. The summed E-state index contributed by atoms with van der Waals surface area (Å²) in [6.07, 6.45) is 4.32. The Morgan fingerprint density at radius 2 is 2.23 bits per heavy atom. The van der Waals surface area contributed by atoms with Gasteiger partial charge in [-0.3, -0.25) is 4.79 Å². The van der Waals surface area contributed by atoms with E-state index in [9.17, 15) is 4.79 Å². The number of Topliss-reactive ketones (excluding diaryl/α,β-unsaturated/α-hetero) is 1. The molecule has 1 aliphatic carbocycles. The fourth-order valence-corrected chi connectivity index (χ4v) is 1.55. The molecule has 0 N–H and O–H groups in total. The number of carbonyl (C=O) groups excluding carboxylic acids is 1. The summed E-state index contributed by atoms with van der Waals surface area (Å²) in [6, 6.07) is 5.63. The lowest BCUT2D eigenvalue weighted by atomic mass is 9.95. The number of benzene rings is 1. The first-order chi connectivity index (χ1) is 6.33. The number of carbonyl (C=O) groups is 1. The van der Waals surface area contributed by atoms with Gasteiger partial charge in [-0.1, -0.05) is 24.3 Å². The maximum absolute atomic E-state index is 11.5. The molecular formula is C11H10O2. The summed E-state index contributed by atoms with van der Waals surface area (Å²) in [5.74, 6) is 0.807. The van der Waals surface area contributed by atoms with E-state index in [-0.39, 0.29) is 5.78 Å². The van der Waals surface area contributed by atoms with E-state index in [0.29, 0.717) is 17.7 Å². The standard InChI is InChI=1S/C11H10O2/c1-13-10-7-3-5-8-4-2-6-9(12)11(8)10/h2-5,7H,6H2,1H3. The van der Waals surface area contributed by atoms with E-state index in [1.807, 2.05) is 30.4 Å². The van der Waals surface area contributed by atoms with Gasteiger partial charge in [0.25, 0.3) is 0 Å². The number of hydrogen-bond donors (Lipinski definition) is 0. The van der Waals surface area contributed by atoms with Crippen LogP contribution < -0.4 is 4.74 Å². The number of ether oxygens (including phenoxy) is 1. The Balaban J connectivity index is 2.64. The van der Waals surface area contributed by atoms with E-state index in [2.05, 4.69) is 0 Å². The fraction of sp³-hybridized carbons (Fsp3) is 0.182. The molecule has 0 fully saturated rings. The van der Waals surface area contributed by atoms with Crippen LogP contribution in [0.25, 0.3) is 6.08 Å². The molecule has 0 aromatic heterocycles. The van der Waals surface area contributed by atoms with Crippen molar-refractivity contribution < 1.29 is 9.53 Å². The molecule has 0 saturated carbocycles. The lowest BCUT2D eigenvalue weighted by Crippen LogP contribution is -2.06. The molecule has 13 heavy (non-hydrogen) atoms. The molecule has 2 heteroatoms. The first-order valence-corrected chi connectivity index (χ1v) is 4.19. The van der Waals surface area contributed by atoms with Gasteiger partial charge in [0.1, 0.15) is 5.75 Å². The van der Waals surface area contributed by atoms with Gasteiger partial charge in [-0.05, 0) is 11.6 Å². The molecule has 0 aliphatic heterocycles. The van der Waals surface area contributed by atoms with Gasteiger partial charge < -0.3 is 4.74 Å². The summed E-state index contributed by atoms with van der Waals surface area (Å²) in [6.45, 7) is 0. The Morgan fingerprint density at radius 1 is 1.38 bits per heavy atom. The normalized spacial score (nSPS) is 14.1. The zero-order chi connectivity index (χ0) is 9.26. The summed E-state index contributed by atoms with van der Waals surface area (Å²) in [5.41, 5.74) is 1.67. The molecule has 0 amide bonds. The maximum atomic E-state index is 11.5. The van der Waals surface area contributed by atoms with Crippen LogP contribution in [-0.2, 0) is 0 Å². The van der Waals surface area contributed by atoms with Crippen molar-refractivity contribution in [3.63, 3.8) is 0 Å². The molecule has 1 aliphatic rings. The van der Waals surface area contributed by atoms with Crippen LogP contribution in [0, 0.1) is 0 Å². The second-order valence-corrected chi connectivity index (χ2v) is 2.95. The minimum atomic E-state index is 0.134. The van der Waals surface area contributed by atoms with E-state index in [1.54, 1.807) is 7.11 Å². The Morgan fingerprint density at radius 3 is 3.00 bits per heavy atom. The second-order valence-electron chi connectivity index (χ2n) is 2.95. The predicted octanol–water partition coefficient (Wildman–Crippen LogP) is 2.29. The highest BCUT2D eigenvalue weighted by molar-refractivity contribution is 6.05. The van der Waals surface area contributed by atoms with E-state index >= 15 is 0 Å². The van der Waals surface area contributed by atoms with Crippen molar-refractivity contribution in [1.82, 2.24) is 0 Å². The highest BCUT2D eigenvalue weighted by Crippen LogP contribution is 2.27. The van der Waals surface area contributed by atoms with Crippen molar-refractivity contribution in [1.29, 1.82) is 0 Å². The third kappa shape index (κ3) is 1.24. The molecule has 1 aromatic rings. The Hall–Kier alpha value is -1.57. The third-order valence-corrected chi connectivity index (χ3v) is 2.16. The second kappa shape index (κ2) is 3.05. The van der Waals surface area contributed by atoms with Crippen LogP contribution in [0.4, 0.5) is 0 Å². The summed E-state index contributed by atoms with van der Waals surface area (Å²) in [7, 11) is 1.58. The first kappa shape index (κ1) is 8.05. The van der Waals surface area contributed by atoms with Gasteiger partial charge in [0.05, 0.1) is 12.7 Å². The minimum absolute atomic E-state index is 0.134. The number of rotatable bonds is 1. The van der Waals surface area contributed by atoms with Crippen LogP contribution in [0.5, 0.6) is 5.75 Å². The molecule has 2 rings (SSSR count). The number of ketones is 1. The lowest BCUT2D eigenvalue weighted by molar-refractivity contribution is 0.0991. The summed E-state index contributed by atoms with van der Waals surface area (Å²) >= 11 is 0. The van der Waals surface area contributed by atoms with Crippen LogP contribution in [0.3, 0.4) is 0 Å². The summed E-state index contributed by atoms with van der Waals surface area (Å²) in [4.78, 5) is 11.5. The fourth-order valence-electron chi connectivity index (χ4n) is 1.55. The monoisotopic (exact) mass is 174 g/mol. The molecule has 0 unspecified atom stereocenters. The number of allylic oxidation sites excluding steroid dienone is 1. The molecule has 0 bridgehead atoms. The summed E-state index contributed by atoms with van der Waals surface area (Å²) < 4.78 is 5.13. The van der Waals surface area contributed by atoms with Gasteiger partial charge in [-0.15, -0.1) is 0 Å². The van der Waals surface area contributed by atoms with E-state index in [4.69, 9.17) is 4.74 Å². The van der Waals surface area contributed by atoms with Crippen LogP contribution in [0.1, 0.15) is 22.3 Å². The number of fused-ring (bicyclic) bond motifs is 1. The summed E-state index contributed by atoms with van der Waals surface area (Å²) in [5, 5.41) is 0. The molecule has 0 atom stereocenters. The maximum Gasteiger partial charge on any atom is 0.170 e. The Kier molecular flexibility index (Phi) is 1.89. The van der Waals surface area contributed by atoms with Gasteiger partial charge in [0.2, 0.25) is 0 Å². The molecule has 0 radical (unpaired) electrons. The highest BCUT2D eigenvalue weighted by atomic mass is 16.5. The molecule has 0 heterocycles. The van der Waals surface area contributed by atoms with Crippen molar-refractivity contribution in [2.45, 2.75) is 6.42 Å². The number of methoxy groups -OCH3 is 1. The molecule has 66 valence electrons. The van der Waals surface area contributed by atoms with Crippen molar-refractivity contribution in [3.05, 3.63) is 35.4 Å². The van der Waals surface area contributed by atoms with Gasteiger partial charge in [-0.2, -0.15) is 0 Å². The van der Waals surface area contributed by atoms with Crippen LogP contribution >= 0.6 is 0 Å². The average Bonchev–Trinajstić information content (AvgIpc) is 2.17. The zero-order valence-corrected chi connectivity index (χ0v) is 7.41. The SMILES string of the molecule is COc1cccc2c1C(=O)CC=C2. The lowest BCUT2D eigenvalue weighted by Gasteiger charge is -2.12. The molecule has 1 aromatic carbocycles. The molecule has 0 saturated heterocycles. The Bertz CT molecular complexity index is 378. The number of hydrogen-bond acceptors (Lipinski definition) is 2. The average molecular weight is 174 g/mol. The molecular weight excluding hydrogens is 164 g/mol. The largest absolute Gasteiger partial charge is 0.496 e. The van der Waals surface area contributed by atoms with Crippen LogP contribution in [0.15, 0.2) is 24.3 Å². The zero-order valence-electron chi connectivity index (χ0n) is 7.41. The van der Waals surface area contributed by atoms with Crippen LogP contribution in [0.2, 0.25) is 0 Å². The van der Waals surface area contributed by atoms with Crippen molar-refractivity contribution in [3.8, 4) is 5.75 Å². The van der Waals surface area contributed by atoms with E-state index in [0.717, 1.165) is 5.56 Å². The minimum Gasteiger partial charge on any atom is -0.496 e. The van der Waals surface area contributed by atoms with E-state index < -0.39 is 0 Å². The van der Waals surface area contributed by atoms with Gasteiger partial charge in [0.15, 0.2) is 5.78 Å². The van der Waals surface area contributed by atoms with Gasteiger partial charge in [-0.25, -0.2) is 0 Å². The van der Waals surface area contributed by atoms with Crippen molar-refractivity contribution in [2.75, 3.05) is 7.11 Å². The van der Waals surface area contributed by atoms with E-state index in [1.165, 1.54) is 0 Å².